The summed E-state index contributed by atoms with van der Waals surface area (Å²) in [6.07, 6.45) is 2.11. The summed E-state index contributed by atoms with van der Waals surface area (Å²) in [5, 5.41) is 4.43. The van der Waals surface area contributed by atoms with Gasteiger partial charge in [0.05, 0.1) is 26.5 Å². The third-order valence-electron chi connectivity index (χ3n) is 6.12. The van der Waals surface area contributed by atoms with Crippen molar-refractivity contribution in [2.24, 2.45) is 0 Å². The van der Waals surface area contributed by atoms with Crippen molar-refractivity contribution in [3.8, 4) is 11.5 Å². The minimum atomic E-state index is -0.871. The summed E-state index contributed by atoms with van der Waals surface area (Å²) in [5.41, 5.74) is 0.846. The number of benzene rings is 2. The Bertz CT molecular complexity index is 1230. The standard InChI is InChI=1S/C27H29F2N3O4S/c1-35-24-10-5-18(14-25(24)36-2)11-12-31(16-21-4-3-13-37-21)26(33)17-32(20-7-8-20)27(34)30-23-9-6-19(28)15-22(23)29/h3-6,9-10,13-15,20H,7-8,11-12,16-17H2,1-2H3,(H,30,34). The van der Waals surface area contributed by atoms with Crippen molar-refractivity contribution in [1.82, 2.24) is 9.80 Å². The molecule has 2 aromatic carbocycles. The molecule has 0 bridgehead atoms. The molecule has 1 saturated carbocycles. The predicted molar refractivity (Wildman–Crippen MR) is 138 cm³/mol. The van der Waals surface area contributed by atoms with E-state index in [1.807, 2.05) is 35.7 Å². The number of urea groups is 1. The van der Waals surface area contributed by atoms with Crippen molar-refractivity contribution in [1.29, 1.82) is 0 Å². The van der Waals surface area contributed by atoms with Crippen molar-refractivity contribution in [2.45, 2.75) is 31.8 Å². The lowest BCUT2D eigenvalue weighted by molar-refractivity contribution is -0.132. The number of carbonyl (C=O) groups excluding carboxylic acids is 2. The lowest BCUT2D eigenvalue weighted by Gasteiger charge is -2.28. The van der Waals surface area contributed by atoms with E-state index in [2.05, 4.69) is 5.32 Å². The Morgan fingerprint density at radius 1 is 1.05 bits per heavy atom. The topological polar surface area (TPSA) is 71.1 Å². The second kappa shape index (κ2) is 12.1. The van der Waals surface area contributed by atoms with E-state index in [0.29, 0.717) is 37.1 Å². The smallest absolute Gasteiger partial charge is 0.322 e. The van der Waals surface area contributed by atoms with Gasteiger partial charge in [0.1, 0.15) is 18.2 Å². The van der Waals surface area contributed by atoms with E-state index in [-0.39, 0.29) is 24.2 Å². The summed E-state index contributed by atoms with van der Waals surface area (Å²) in [5.74, 6) is -0.578. The summed E-state index contributed by atoms with van der Waals surface area (Å²) >= 11 is 1.55. The van der Waals surface area contributed by atoms with Gasteiger partial charge in [0.25, 0.3) is 0 Å². The van der Waals surface area contributed by atoms with E-state index in [1.165, 1.54) is 11.0 Å². The monoisotopic (exact) mass is 529 g/mol. The number of rotatable bonds is 11. The molecule has 3 amide bonds. The Kier molecular flexibility index (Phi) is 8.60. The summed E-state index contributed by atoms with van der Waals surface area (Å²) in [4.78, 5) is 30.6. The van der Waals surface area contributed by atoms with Gasteiger partial charge in [-0.05, 0) is 60.5 Å². The van der Waals surface area contributed by atoms with E-state index in [1.54, 1.807) is 30.5 Å². The van der Waals surface area contributed by atoms with Crippen LogP contribution >= 0.6 is 11.3 Å². The summed E-state index contributed by atoms with van der Waals surface area (Å²) in [7, 11) is 3.15. The van der Waals surface area contributed by atoms with Crippen LogP contribution in [0.2, 0.25) is 0 Å². The Morgan fingerprint density at radius 3 is 2.49 bits per heavy atom. The highest BCUT2D eigenvalue weighted by Gasteiger charge is 2.35. The number of hydrogen-bond donors (Lipinski definition) is 1. The van der Waals surface area contributed by atoms with Crippen molar-refractivity contribution in [3.05, 3.63) is 76.0 Å². The van der Waals surface area contributed by atoms with Crippen LogP contribution in [0, 0.1) is 11.6 Å². The van der Waals surface area contributed by atoms with Crippen LogP contribution in [0.15, 0.2) is 53.9 Å². The van der Waals surface area contributed by atoms with Crippen LogP contribution in [-0.4, -0.2) is 55.1 Å². The van der Waals surface area contributed by atoms with Crippen molar-refractivity contribution >= 4 is 29.0 Å². The molecule has 196 valence electrons. The van der Waals surface area contributed by atoms with Gasteiger partial charge < -0.3 is 24.6 Å². The average molecular weight is 530 g/mol. The van der Waals surface area contributed by atoms with Crippen LogP contribution in [0.25, 0.3) is 0 Å². The highest BCUT2D eigenvalue weighted by atomic mass is 32.1. The van der Waals surface area contributed by atoms with Gasteiger partial charge in [-0.3, -0.25) is 4.79 Å². The summed E-state index contributed by atoms with van der Waals surface area (Å²) in [6.45, 7) is 0.700. The van der Waals surface area contributed by atoms with Crippen LogP contribution in [0.3, 0.4) is 0 Å². The molecule has 0 spiro atoms. The van der Waals surface area contributed by atoms with Gasteiger partial charge in [-0.25, -0.2) is 13.6 Å². The maximum Gasteiger partial charge on any atom is 0.322 e. The van der Waals surface area contributed by atoms with Gasteiger partial charge in [-0.1, -0.05) is 12.1 Å². The van der Waals surface area contributed by atoms with Crippen LogP contribution < -0.4 is 14.8 Å². The first-order valence-corrected chi connectivity index (χ1v) is 12.8. The molecule has 0 saturated heterocycles. The zero-order chi connectivity index (χ0) is 26.4. The number of hydrogen-bond acceptors (Lipinski definition) is 5. The quantitative estimate of drug-likeness (QED) is 0.366. The maximum atomic E-state index is 14.1. The second-order valence-electron chi connectivity index (χ2n) is 8.75. The number of nitrogens with zero attached hydrogens (tertiary/aromatic N) is 2. The number of anilines is 1. The van der Waals surface area contributed by atoms with Crippen molar-refractivity contribution in [2.75, 3.05) is 32.6 Å². The Labute approximate surface area is 218 Å². The maximum absolute atomic E-state index is 14.1. The second-order valence-corrected chi connectivity index (χ2v) is 9.78. The molecule has 1 aliphatic carbocycles. The molecular weight excluding hydrogens is 500 g/mol. The molecule has 0 radical (unpaired) electrons. The predicted octanol–water partition coefficient (Wildman–Crippen LogP) is 5.31. The van der Waals surface area contributed by atoms with Crippen LogP contribution in [0.4, 0.5) is 19.3 Å². The fourth-order valence-electron chi connectivity index (χ4n) is 3.96. The van der Waals surface area contributed by atoms with E-state index in [4.69, 9.17) is 9.47 Å². The van der Waals surface area contributed by atoms with E-state index in [9.17, 15) is 18.4 Å². The highest BCUT2D eigenvalue weighted by molar-refractivity contribution is 7.09. The Morgan fingerprint density at radius 2 is 1.84 bits per heavy atom. The average Bonchev–Trinajstić information content (AvgIpc) is 3.60. The number of amides is 3. The molecule has 1 N–H and O–H groups in total. The van der Waals surface area contributed by atoms with Crippen LogP contribution in [-0.2, 0) is 17.8 Å². The summed E-state index contributed by atoms with van der Waals surface area (Å²) < 4.78 is 38.0. The minimum absolute atomic E-state index is 0.0955. The third kappa shape index (κ3) is 6.97. The molecule has 10 heteroatoms. The van der Waals surface area contributed by atoms with E-state index < -0.39 is 17.7 Å². The van der Waals surface area contributed by atoms with E-state index in [0.717, 1.165) is 29.3 Å². The minimum Gasteiger partial charge on any atom is -0.493 e. The van der Waals surface area contributed by atoms with Crippen molar-refractivity contribution < 1.29 is 27.8 Å². The SMILES string of the molecule is COc1ccc(CCN(Cc2cccs2)C(=O)CN(C(=O)Nc2ccc(F)cc2F)C2CC2)cc1OC. The van der Waals surface area contributed by atoms with Gasteiger partial charge in [-0.2, -0.15) is 0 Å². The number of methoxy groups -OCH3 is 2. The molecule has 0 aliphatic heterocycles. The third-order valence-corrected chi connectivity index (χ3v) is 6.99. The highest BCUT2D eigenvalue weighted by Crippen LogP contribution is 2.29. The van der Waals surface area contributed by atoms with E-state index >= 15 is 0 Å². The lowest BCUT2D eigenvalue weighted by Crippen LogP contribution is -2.45. The first-order chi connectivity index (χ1) is 17.9. The first-order valence-electron chi connectivity index (χ1n) is 11.9. The largest absolute Gasteiger partial charge is 0.493 e. The zero-order valence-corrected chi connectivity index (χ0v) is 21.5. The van der Waals surface area contributed by atoms with Gasteiger partial charge in [0.2, 0.25) is 5.91 Å². The molecule has 1 heterocycles. The Balaban J connectivity index is 1.46. The van der Waals surface area contributed by atoms with Gasteiger partial charge >= 0.3 is 6.03 Å². The van der Waals surface area contributed by atoms with Crippen molar-refractivity contribution in [3.63, 3.8) is 0 Å². The fourth-order valence-corrected chi connectivity index (χ4v) is 4.68. The molecular formula is C27H29F2N3O4S. The molecule has 37 heavy (non-hydrogen) atoms. The van der Waals surface area contributed by atoms with Gasteiger partial charge in [0.15, 0.2) is 11.5 Å². The van der Waals surface area contributed by atoms with Gasteiger partial charge in [-0.15, -0.1) is 11.3 Å². The Hall–Kier alpha value is -3.66. The molecule has 3 aromatic rings. The zero-order valence-electron chi connectivity index (χ0n) is 20.7. The normalized spacial score (nSPS) is 12.6. The molecule has 0 unspecified atom stereocenters. The fraction of sp³-hybridized carbons (Fsp3) is 0.333. The molecule has 1 fully saturated rings. The molecule has 1 aliphatic rings. The molecule has 0 atom stereocenters. The lowest BCUT2D eigenvalue weighted by atomic mass is 10.1. The number of nitrogens with one attached hydrogen (secondary N) is 1. The van der Waals surface area contributed by atoms with Gasteiger partial charge in [0, 0.05) is 23.5 Å². The molecule has 7 nitrogen and oxygen atoms in total. The number of ether oxygens (including phenoxy) is 2. The number of carbonyl (C=O) groups is 2. The molecule has 1 aromatic heterocycles. The van der Waals surface area contributed by atoms with Crippen LogP contribution in [0.5, 0.6) is 11.5 Å². The summed E-state index contributed by atoms with van der Waals surface area (Å²) in [6, 6.07) is 11.8. The first kappa shape index (κ1) is 26.4. The van der Waals surface area contributed by atoms with Crippen LogP contribution in [0.1, 0.15) is 23.3 Å². The number of halogens is 2. The number of thiophene rings is 1. The molecule has 4 rings (SSSR count).